The third kappa shape index (κ3) is 2.91. The van der Waals surface area contributed by atoms with Crippen molar-refractivity contribution < 1.29 is 9.53 Å². The monoisotopic (exact) mass is 320 g/mol. The van der Waals surface area contributed by atoms with Crippen molar-refractivity contribution in [3.05, 3.63) is 17.1 Å². The van der Waals surface area contributed by atoms with Crippen molar-refractivity contribution in [2.24, 2.45) is 0 Å². The first-order chi connectivity index (χ1) is 10.6. The van der Waals surface area contributed by atoms with Gasteiger partial charge in [-0.2, -0.15) is 0 Å². The molecule has 118 valence electrons. The maximum atomic E-state index is 11.8. The van der Waals surface area contributed by atoms with Crippen molar-refractivity contribution in [2.75, 3.05) is 38.7 Å². The minimum Gasteiger partial charge on any atom is -0.461 e. The van der Waals surface area contributed by atoms with Gasteiger partial charge in [0.05, 0.1) is 6.61 Å². The normalized spacial score (nSPS) is 18.4. The predicted molar refractivity (Wildman–Crippen MR) is 87.7 cm³/mol. The number of esters is 1. The summed E-state index contributed by atoms with van der Waals surface area (Å²) in [5.74, 6) is 0.580. The molecule has 0 bridgehead atoms. The molecule has 0 radical (unpaired) electrons. The van der Waals surface area contributed by atoms with Gasteiger partial charge in [-0.25, -0.2) is 14.8 Å². The van der Waals surface area contributed by atoms with Gasteiger partial charge in [-0.1, -0.05) is 11.3 Å². The van der Waals surface area contributed by atoms with Gasteiger partial charge in [-0.15, -0.1) is 0 Å². The van der Waals surface area contributed by atoms with Crippen LogP contribution in [0.2, 0.25) is 0 Å². The maximum Gasteiger partial charge on any atom is 0.367 e. The minimum absolute atomic E-state index is 0.354. The number of hydrogen-bond donors (Lipinski definition) is 0. The highest BCUT2D eigenvalue weighted by Crippen LogP contribution is 2.26. The van der Waals surface area contributed by atoms with Crippen LogP contribution in [0.3, 0.4) is 0 Å². The van der Waals surface area contributed by atoms with Crippen molar-refractivity contribution in [1.29, 1.82) is 0 Å². The number of pyridine rings is 1. The minimum atomic E-state index is -0.374. The van der Waals surface area contributed by atoms with Crippen molar-refractivity contribution in [2.45, 2.75) is 19.4 Å². The van der Waals surface area contributed by atoms with Gasteiger partial charge < -0.3 is 14.5 Å². The first kappa shape index (κ1) is 15.2. The highest BCUT2D eigenvalue weighted by atomic mass is 32.1. The summed E-state index contributed by atoms with van der Waals surface area (Å²) in [5.41, 5.74) is 0.750. The Morgan fingerprint density at radius 3 is 2.95 bits per heavy atom. The molecule has 0 N–H and O–H groups in total. The highest BCUT2D eigenvalue weighted by molar-refractivity contribution is 7.19. The lowest BCUT2D eigenvalue weighted by Crippen LogP contribution is -2.31. The molecule has 0 aromatic carbocycles. The molecule has 1 fully saturated rings. The third-order valence-electron chi connectivity index (χ3n) is 3.91. The standard InChI is InChI=1S/C15H20N4O2S/c1-4-21-15(20)14-16-11-5-6-12(17-13(11)22-14)19-8-7-10(9-19)18(2)3/h5-6,10H,4,7-9H2,1-3H3. The molecule has 7 heteroatoms. The van der Waals surface area contributed by atoms with E-state index in [0.29, 0.717) is 17.7 Å². The molecular formula is C15H20N4O2S. The fraction of sp³-hybridized carbons (Fsp3) is 0.533. The molecule has 3 rings (SSSR count). The largest absolute Gasteiger partial charge is 0.461 e. The molecule has 1 atom stereocenters. The first-order valence-corrected chi connectivity index (χ1v) is 8.26. The number of anilines is 1. The number of carbonyl (C=O) groups is 1. The van der Waals surface area contributed by atoms with Gasteiger partial charge in [-0.3, -0.25) is 0 Å². The summed E-state index contributed by atoms with van der Waals surface area (Å²) in [6, 6.07) is 4.48. The molecule has 0 spiro atoms. The molecule has 2 aromatic rings. The van der Waals surface area contributed by atoms with Gasteiger partial charge in [0.25, 0.3) is 0 Å². The lowest BCUT2D eigenvalue weighted by atomic mass is 10.2. The van der Waals surface area contributed by atoms with Crippen molar-refractivity contribution >= 4 is 33.5 Å². The van der Waals surface area contributed by atoms with E-state index in [1.807, 2.05) is 12.1 Å². The van der Waals surface area contributed by atoms with Crippen LogP contribution >= 0.6 is 11.3 Å². The molecule has 3 heterocycles. The Labute approximate surface area is 133 Å². The number of fused-ring (bicyclic) bond motifs is 1. The SMILES string of the molecule is CCOC(=O)c1nc2ccc(N3CCC(N(C)C)C3)nc2s1. The van der Waals surface area contributed by atoms with E-state index in [4.69, 9.17) is 4.74 Å². The number of ether oxygens (including phenoxy) is 1. The second-order valence-electron chi connectivity index (χ2n) is 5.59. The fourth-order valence-corrected chi connectivity index (χ4v) is 3.46. The fourth-order valence-electron chi connectivity index (χ4n) is 2.63. The lowest BCUT2D eigenvalue weighted by molar-refractivity contribution is 0.0526. The summed E-state index contributed by atoms with van der Waals surface area (Å²) in [6.07, 6.45) is 1.14. The van der Waals surface area contributed by atoms with E-state index in [2.05, 4.69) is 33.9 Å². The Bertz CT molecular complexity index is 685. The topological polar surface area (TPSA) is 58.6 Å². The van der Waals surface area contributed by atoms with E-state index < -0.39 is 0 Å². The Hall–Kier alpha value is -1.73. The Balaban J connectivity index is 1.83. The van der Waals surface area contributed by atoms with E-state index in [1.54, 1.807) is 6.92 Å². The molecule has 1 unspecified atom stereocenters. The van der Waals surface area contributed by atoms with E-state index >= 15 is 0 Å². The second kappa shape index (κ2) is 6.18. The number of nitrogens with zero attached hydrogens (tertiary/aromatic N) is 4. The van der Waals surface area contributed by atoms with Crippen LogP contribution in [0.15, 0.2) is 12.1 Å². The van der Waals surface area contributed by atoms with Crippen LogP contribution in [-0.4, -0.2) is 60.7 Å². The molecule has 0 amide bonds. The number of hydrogen-bond acceptors (Lipinski definition) is 7. The molecule has 1 aliphatic heterocycles. The second-order valence-corrected chi connectivity index (χ2v) is 6.56. The number of thiazole rings is 1. The lowest BCUT2D eigenvalue weighted by Gasteiger charge is -2.20. The highest BCUT2D eigenvalue weighted by Gasteiger charge is 2.25. The number of aromatic nitrogens is 2. The molecule has 22 heavy (non-hydrogen) atoms. The van der Waals surface area contributed by atoms with Gasteiger partial charge in [0.15, 0.2) is 0 Å². The van der Waals surface area contributed by atoms with Gasteiger partial charge in [0.2, 0.25) is 5.01 Å². The number of carbonyl (C=O) groups excluding carboxylic acids is 1. The summed E-state index contributed by atoms with van der Waals surface area (Å²) in [6.45, 7) is 4.13. The van der Waals surface area contributed by atoms with E-state index in [1.165, 1.54) is 11.3 Å². The molecule has 0 aliphatic carbocycles. The smallest absolute Gasteiger partial charge is 0.367 e. The molecule has 0 saturated carbocycles. The van der Waals surface area contributed by atoms with Gasteiger partial charge in [0.1, 0.15) is 16.2 Å². The molecular weight excluding hydrogens is 300 g/mol. The summed E-state index contributed by atoms with van der Waals surface area (Å²) in [7, 11) is 4.22. The van der Waals surface area contributed by atoms with E-state index in [0.717, 1.165) is 35.7 Å². The van der Waals surface area contributed by atoms with Crippen LogP contribution in [0.1, 0.15) is 23.1 Å². The number of likely N-dealkylation sites (N-methyl/N-ethyl adjacent to an activating group) is 1. The summed E-state index contributed by atoms with van der Waals surface area (Å²) >= 11 is 1.29. The van der Waals surface area contributed by atoms with Crippen molar-refractivity contribution in [1.82, 2.24) is 14.9 Å². The number of rotatable bonds is 4. The predicted octanol–water partition coefficient (Wildman–Crippen LogP) is 2.01. The van der Waals surface area contributed by atoms with Crippen LogP contribution in [0.25, 0.3) is 10.3 Å². The summed E-state index contributed by atoms with van der Waals surface area (Å²) in [4.78, 5) is 26.0. The maximum absolute atomic E-state index is 11.8. The molecule has 6 nitrogen and oxygen atoms in total. The zero-order valence-electron chi connectivity index (χ0n) is 13.1. The van der Waals surface area contributed by atoms with E-state index in [9.17, 15) is 4.79 Å². The Kier molecular flexibility index (Phi) is 4.26. The Morgan fingerprint density at radius 1 is 1.45 bits per heavy atom. The van der Waals surface area contributed by atoms with Crippen LogP contribution in [0, 0.1) is 0 Å². The Morgan fingerprint density at radius 2 is 2.27 bits per heavy atom. The van der Waals surface area contributed by atoms with Crippen LogP contribution < -0.4 is 4.90 Å². The van der Waals surface area contributed by atoms with Gasteiger partial charge in [0, 0.05) is 19.1 Å². The van der Waals surface area contributed by atoms with Crippen LogP contribution in [0.4, 0.5) is 5.82 Å². The van der Waals surface area contributed by atoms with Crippen molar-refractivity contribution in [3.8, 4) is 0 Å². The zero-order chi connectivity index (χ0) is 15.7. The molecule has 1 saturated heterocycles. The molecule has 1 aliphatic rings. The van der Waals surface area contributed by atoms with Gasteiger partial charge >= 0.3 is 5.97 Å². The van der Waals surface area contributed by atoms with Crippen LogP contribution in [0.5, 0.6) is 0 Å². The van der Waals surface area contributed by atoms with E-state index in [-0.39, 0.29) is 5.97 Å². The van der Waals surface area contributed by atoms with Gasteiger partial charge in [-0.05, 0) is 39.6 Å². The average Bonchev–Trinajstić information content (AvgIpc) is 3.13. The summed E-state index contributed by atoms with van der Waals surface area (Å²) < 4.78 is 4.99. The quantitative estimate of drug-likeness (QED) is 0.803. The molecule has 2 aromatic heterocycles. The zero-order valence-corrected chi connectivity index (χ0v) is 13.9. The van der Waals surface area contributed by atoms with Crippen molar-refractivity contribution in [3.63, 3.8) is 0 Å². The first-order valence-electron chi connectivity index (χ1n) is 7.44. The third-order valence-corrected chi connectivity index (χ3v) is 4.85. The average molecular weight is 320 g/mol. The summed E-state index contributed by atoms with van der Waals surface area (Å²) in [5, 5.41) is 0.370. The van der Waals surface area contributed by atoms with Crippen LogP contribution in [-0.2, 0) is 4.74 Å².